The minimum absolute atomic E-state index is 0.257. The lowest BCUT2D eigenvalue weighted by Gasteiger charge is -2.16. The summed E-state index contributed by atoms with van der Waals surface area (Å²) in [5, 5.41) is 7.83. The summed E-state index contributed by atoms with van der Waals surface area (Å²) in [6.07, 6.45) is 1.59. The highest BCUT2D eigenvalue weighted by atomic mass is 19.1. The molecule has 20 heavy (non-hydrogen) atoms. The molecule has 0 spiro atoms. The van der Waals surface area contributed by atoms with Gasteiger partial charge in [-0.1, -0.05) is 0 Å². The van der Waals surface area contributed by atoms with E-state index >= 15 is 0 Å². The van der Waals surface area contributed by atoms with Gasteiger partial charge < -0.3 is 10.6 Å². The molecule has 3 rings (SSSR count). The number of nitrogens with zero attached hydrogens (tertiary/aromatic N) is 3. The molecular formula is C14H14F2N4. The van der Waals surface area contributed by atoms with E-state index < -0.39 is 11.6 Å². The van der Waals surface area contributed by atoms with Gasteiger partial charge in [0, 0.05) is 31.2 Å². The standard InChI is InChI=1S/C14H14F2N4/c15-9-3-4-12(16)10(6-9)11-7-20(8-13(11)17)14-2-1-5-18-19-14/h1-6,11,13H,7-8,17H2/t11-,13+/m1/s1. The van der Waals surface area contributed by atoms with Crippen molar-refractivity contribution in [2.75, 3.05) is 18.0 Å². The van der Waals surface area contributed by atoms with Gasteiger partial charge in [-0.25, -0.2) is 8.78 Å². The van der Waals surface area contributed by atoms with Crippen LogP contribution in [0.2, 0.25) is 0 Å². The van der Waals surface area contributed by atoms with Crippen molar-refractivity contribution in [3.05, 3.63) is 53.7 Å². The van der Waals surface area contributed by atoms with Gasteiger partial charge in [0.25, 0.3) is 0 Å². The SMILES string of the molecule is N[C@H]1CN(c2cccnn2)C[C@@H]1c1cc(F)ccc1F. The van der Waals surface area contributed by atoms with E-state index in [2.05, 4.69) is 10.2 Å². The Morgan fingerprint density at radius 1 is 1.20 bits per heavy atom. The van der Waals surface area contributed by atoms with Crippen LogP contribution in [-0.2, 0) is 0 Å². The summed E-state index contributed by atoms with van der Waals surface area (Å²) >= 11 is 0. The third kappa shape index (κ3) is 2.34. The Labute approximate surface area is 115 Å². The average molecular weight is 276 g/mol. The van der Waals surface area contributed by atoms with E-state index in [9.17, 15) is 8.78 Å². The molecule has 2 atom stereocenters. The highest BCUT2D eigenvalue weighted by molar-refractivity contribution is 5.42. The summed E-state index contributed by atoms with van der Waals surface area (Å²) in [6, 6.07) is 6.81. The minimum atomic E-state index is -0.452. The Morgan fingerprint density at radius 2 is 2.05 bits per heavy atom. The first-order valence-electron chi connectivity index (χ1n) is 6.38. The van der Waals surface area contributed by atoms with E-state index in [4.69, 9.17) is 5.73 Å². The predicted molar refractivity (Wildman–Crippen MR) is 71.3 cm³/mol. The summed E-state index contributed by atoms with van der Waals surface area (Å²) < 4.78 is 27.2. The first-order valence-corrected chi connectivity index (χ1v) is 6.38. The number of halogens is 2. The Hall–Kier alpha value is -2.08. The molecule has 1 saturated heterocycles. The molecule has 0 aliphatic carbocycles. The maximum atomic E-state index is 13.9. The number of rotatable bonds is 2. The first-order chi connectivity index (χ1) is 9.65. The molecule has 104 valence electrons. The van der Waals surface area contributed by atoms with E-state index in [0.717, 1.165) is 12.1 Å². The van der Waals surface area contributed by atoms with Crippen LogP contribution in [0.1, 0.15) is 11.5 Å². The van der Waals surface area contributed by atoms with Crippen LogP contribution in [0.5, 0.6) is 0 Å². The molecule has 0 saturated carbocycles. The van der Waals surface area contributed by atoms with Crippen LogP contribution in [-0.4, -0.2) is 29.3 Å². The van der Waals surface area contributed by atoms with Gasteiger partial charge in [0.1, 0.15) is 11.6 Å². The quantitative estimate of drug-likeness (QED) is 0.907. The number of nitrogens with two attached hydrogens (primary N) is 1. The third-order valence-electron chi connectivity index (χ3n) is 3.60. The van der Waals surface area contributed by atoms with Crippen LogP contribution in [0, 0.1) is 11.6 Å². The van der Waals surface area contributed by atoms with Gasteiger partial charge in [0.2, 0.25) is 0 Å². The second-order valence-corrected chi connectivity index (χ2v) is 4.92. The number of aromatic nitrogens is 2. The Balaban J connectivity index is 1.87. The average Bonchev–Trinajstić information content (AvgIpc) is 2.84. The van der Waals surface area contributed by atoms with E-state index in [-0.39, 0.29) is 12.0 Å². The van der Waals surface area contributed by atoms with E-state index in [0.29, 0.717) is 24.5 Å². The normalized spacial score (nSPS) is 22.2. The fourth-order valence-corrected chi connectivity index (χ4v) is 2.61. The van der Waals surface area contributed by atoms with Crippen LogP contribution in [0.15, 0.2) is 36.5 Å². The molecule has 6 heteroatoms. The van der Waals surface area contributed by atoms with Gasteiger partial charge in [0.15, 0.2) is 5.82 Å². The molecule has 1 aliphatic rings. The van der Waals surface area contributed by atoms with Gasteiger partial charge in [-0.15, -0.1) is 5.10 Å². The van der Waals surface area contributed by atoms with Crippen molar-refractivity contribution in [1.29, 1.82) is 0 Å². The summed E-state index contributed by atoms with van der Waals surface area (Å²) in [5.41, 5.74) is 6.40. The molecule has 4 nitrogen and oxygen atoms in total. The van der Waals surface area contributed by atoms with E-state index in [1.165, 1.54) is 6.07 Å². The maximum Gasteiger partial charge on any atom is 0.151 e. The van der Waals surface area contributed by atoms with Crippen molar-refractivity contribution >= 4 is 5.82 Å². The van der Waals surface area contributed by atoms with Crippen molar-refractivity contribution in [2.24, 2.45) is 5.73 Å². The van der Waals surface area contributed by atoms with E-state index in [1.807, 2.05) is 11.0 Å². The fraction of sp³-hybridized carbons (Fsp3) is 0.286. The zero-order valence-corrected chi connectivity index (χ0v) is 10.7. The molecule has 0 bridgehead atoms. The van der Waals surface area contributed by atoms with Crippen LogP contribution in [0.3, 0.4) is 0 Å². The van der Waals surface area contributed by atoms with Gasteiger partial charge in [-0.2, -0.15) is 5.10 Å². The van der Waals surface area contributed by atoms with Crippen molar-refractivity contribution < 1.29 is 8.78 Å². The lowest BCUT2D eigenvalue weighted by molar-refractivity contribution is 0.551. The first kappa shape index (κ1) is 12.9. The van der Waals surface area contributed by atoms with Crippen LogP contribution in [0.25, 0.3) is 0 Å². The van der Waals surface area contributed by atoms with E-state index in [1.54, 1.807) is 12.3 Å². The molecule has 1 aromatic heterocycles. The largest absolute Gasteiger partial charge is 0.353 e. The summed E-state index contributed by atoms with van der Waals surface area (Å²) in [4.78, 5) is 1.94. The highest BCUT2D eigenvalue weighted by Gasteiger charge is 2.33. The molecule has 1 aliphatic heterocycles. The topological polar surface area (TPSA) is 55.0 Å². The highest BCUT2D eigenvalue weighted by Crippen LogP contribution is 2.30. The Bertz CT molecular complexity index is 605. The maximum absolute atomic E-state index is 13.9. The second-order valence-electron chi connectivity index (χ2n) is 4.92. The molecular weight excluding hydrogens is 262 g/mol. The van der Waals surface area contributed by atoms with Crippen molar-refractivity contribution in [2.45, 2.75) is 12.0 Å². The van der Waals surface area contributed by atoms with Crippen LogP contribution in [0.4, 0.5) is 14.6 Å². The summed E-state index contributed by atoms with van der Waals surface area (Å²) in [6.45, 7) is 1.04. The molecule has 0 amide bonds. The van der Waals surface area contributed by atoms with Crippen LogP contribution >= 0.6 is 0 Å². The molecule has 0 radical (unpaired) electrons. The van der Waals surface area contributed by atoms with Crippen molar-refractivity contribution in [3.8, 4) is 0 Å². The number of benzene rings is 1. The van der Waals surface area contributed by atoms with Gasteiger partial charge in [-0.05, 0) is 35.9 Å². The molecule has 1 aromatic carbocycles. The Morgan fingerprint density at radius 3 is 2.80 bits per heavy atom. The fourth-order valence-electron chi connectivity index (χ4n) is 2.61. The van der Waals surface area contributed by atoms with Crippen molar-refractivity contribution in [3.63, 3.8) is 0 Å². The zero-order valence-electron chi connectivity index (χ0n) is 10.7. The van der Waals surface area contributed by atoms with Gasteiger partial charge >= 0.3 is 0 Å². The summed E-state index contributed by atoms with van der Waals surface area (Å²) in [5.74, 6) is -0.436. The summed E-state index contributed by atoms with van der Waals surface area (Å²) in [7, 11) is 0. The van der Waals surface area contributed by atoms with Crippen LogP contribution < -0.4 is 10.6 Å². The number of anilines is 1. The molecule has 2 heterocycles. The zero-order chi connectivity index (χ0) is 14.1. The molecule has 1 fully saturated rings. The minimum Gasteiger partial charge on any atom is -0.353 e. The predicted octanol–water partition coefficient (Wildman–Crippen LogP) is 1.69. The lowest BCUT2D eigenvalue weighted by Crippen LogP contribution is -2.29. The van der Waals surface area contributed by atoms with Crippen molar-refractivity contribution in [1.82, 2.24) is 10.2 Å². The molecule has 2 aromatic rings. The second kappa shape index (κ2) is 5.13. The molecule has 0 unspecified atom stereocenters. The van der Waals surface area contributed by atoms with Gasteiger partial charge in [-0.3, -0.25) is 0 Å². The third-order valence-corrected chi connectivity index (χ3v) is 3.60. The number of hydrogen-bond acceptors (Lipinski definition) is 4. The monoisotopic (exact) mass is 276 g/mol. The van der Waals surface area contributed by atoms with Gasteiger partial charge in [0.05, 0.1) is 0 Å². The molecule has 2 N–H and O–H groups in total. The smallest absolute Gasteiger partial charge is 0.151 e. The lowest BCUT2D eigenvalue weighted by atomic mass is 9.94. The Kier molecular flexibility index (Phi) is 3.31. The number of hydrogen-bond donors (Lipinski definition) is 1.